The number of ether oxygens (including phenoxy) is 1. The van der Waals surface area contributed by atoms with Gasteiger partial charge in [-0.25, -0.2) is 0 Å². The van der Waals surface area contributed by atoms with Crippen molar-refractivity contribution in [2.75, 3.05) is 5.32 Å². The van der Waals surface area contributed by atoms with Gasteiger partial charge >= 0.3 is 6.01 Å². The molecule has 6 nitrogen and oxygen atoms in total. The first-order valence-corrected chi connectivity index (χ1v) is 8.41. The van der Waals surface area contributed by atoms with Crippen LogP contribution >= 0.6 is 0 Å². The van der Waals surface area contributed by atoms with Crippen molar-refractivity contribution in [1.82, 2.24) is 10.2 Å². The topological polar surface area (TPSA) is 77.2 Å². The van der Waals surface area contributed by atoms with Gasteiger partial charge in [0.15, 0.2) is 0 Å². The number of carbonyl (C=O) groups excluding carboxylic acids is 1. The molecule has 0 aliphatic heterocycles. The van der Waals surface area contributed by atoms with Crippen molar-refractivity contribution in [1.29, 1.82) is 0 Å². The van der Waals surface area contributed by atoms with E-state index in [9.17, 15) is 4.79 Å². The minimum atomic E-state index is -0.322. The Morgan fingerprint density at radius 2 is 1.81 bits per heavy atom. The lowest BCUT2D eigenvalue weighted by Gasteiger charge is -2.09. The zero-order valence-electron chi connectivity index (χ0n) is 15.2. The Bertz CT molecular complexity index is 914. The Balaban J connectivity index is 1.71. The number of aromatic nitrogens is 2. The molecule has 6 heteroatoms. The molecule has 1 heterocycles. The molecule has 0 fully saturated rings. The van der Waals surface area contributed by atoms with Crippen LogP contribution in [0.2, 0.25) is 0 Å². The maximum absolute atomic E-state index is 12.3. The van der Waals surface area contributed by atoms with E-state index in [0.29, 0.717) is 17.2 Å². The number of hydrogen-bond acceptors (Lipinski definition) is 5. The number of carbonyl (C=O) groups is 1. The molecular formula is C20H21N3O3. The molecule has 1 N–H and O–H groups in total. The van der Waals surface area contributed by atoms with Crippen LogP contribution < -0.4 is 10.1 Å². The van der Waals surface area contributed by atoms with Crippen LogP contribution in [0.3, 0.4) is 0 Å². The summed E-state index contributed by atoms with van der Waals surface area (Å²) >= 11 is 0. The Hall–Kier alpha value is -3.15. The predicted octanol–water partition coefficient (Wildman–Crippen LogP) is 4.39. The first-order chi connectivity index (χ1) is 12.4. The Labute approximate surface area is 152 Å². The summed E-state index contributed by atoms with van der Waals surface area (Å²) in [5.74, 6) is 0.766. The standard InChI is InChI=1S/C20H21N3O3/c1-12(2)25-16-8-6-15(7-9-16)18(24)21-20-23-22-19(26-20)17-10-5-13(3)11-14(17)4/h5-12H,1-4H3,(H,21,23,24). The van der Waals surface area contributed by atoms with E-state index in [1.807, 2.05) is 45.9 Å². The van der Waals surface area contributed by atoms with Gasteiger partial charge in [-0.2, -0.15) is 0 Å². The molecular weight excluding hydrogens is 330 g/mol. The molecule has 0 spiro atoms. The van der Waals surface area contributed by atoms with Crippen molar-refractivity contribution in [2.45, 2.75) is 33.8 Å². The fourth-order valence-corrected chi connectivity index (χ4v) is 2.56. The first kappa shape index (κ1) is 17.7. The summed E-state index contributed by atoms with van der Waals surface area (Å²) in [7, 11) is 0. The van der Waals surface area contributed by atoms with Crippen molar-refractivity contribution in [3.05, 3.63) is 59.2 Å². The SMILES string of the molecule is Cc1ccc(-c2nnc(NC(=O)c3ccc(OC(C)C)cc3)o2)c(C)c1. The number of amides is 1. The maximum atomic E-state index is 12.3. The number of aryl methyl sites for hydroxylation is 2. The summed E-state index contributed by atoms with van der Waals surface area (Å²) in [5.41, 5.74) is 3.52. The summed E-state index contributed by atoms with van der Waals surface area (Å²) in [5, 5.41) is 10.5. The number of anilines is 1. The number of rotatable bonds is 5. The summed E-state index contributed by atoms with van der Waals surface area (Å²) in [6, 6.07) is 12.9. The normalized spacial score (nSPS) is 10.8. The molecule has 2 aromatic carbocycles. The minimum absolute atomic E-state index is 0.0625. The van der Waals surface area contributed by atoms with Crippen molar-refractivity contribution in [2.24, 2.45) is 0 Å². The molecule has 3 rings (SSSR count). The zero-order chi connectivity index (χ0) is 18.7. The number of benzene rings is 2. The quantitative estimate of drug-likeness (QED) is 0.737. The average Bonchev–Trinajstić information content (AvgIpc) is 3.03. The van der Waals surface area contributed by atoms with Crippen LogP contribution in [0, 0.1) is 13.8 Å². The fourth-order valence-electron chi connectivity index (χ4n) is 2.56. The van der Waals surface area contributed by atoms with Gasteiger partial charge in [0.25, 0.3) is 5.91 Å². The summed E-state index contributed by atoms with van der Waals surface area (Å²) in [6.45, 7) is 7.90. The summed E-state index contributed by atoms with van der Waals surface area (Å²) in [4.78, 5) is 12.3. The highest BCUT2D eigenvalue weighted by atomic mass is 16.5. The van der Waals surface area contributed by atoms with Crippen LogP contribution in [-0.4, -0.2) is 22.2 Å². The second-order valence-corrected chi connectivity index (χ2v) is 6.38. The third kappa shape index (κ3) is 4.08. The van der Waals surface area contributed by atoms with Crippen LogP contribution in [0.4, 0.5) is 6.01 Å². The van der Waals surface area contributed by atoms with E-state index in [2.05, 4.69) is 15.5 Å². The van der Waals surface area contributed by atoms with Crippen LogP contribution in [-0.2, 0) is 0 Å². The molecule has 1 amide bonds. The van der Waals surface area contributed by atoms with Crippen molar-refractivity contribution in [3.8, 4) is 17.2 Å². The van der Waals surface area contributed by atoms with E-state index in [1.54, 1.807) is 24.3 Å². The van der Waals surface area contributed by atoms with Crippen LogP contribution in [0.5, 0.6) is 5.75 Å². The lowest BCUT2D eigenvalue weighted by molar-refractivity contribution is 0.102. The molecule has 3 aromatic rings. The second-order valence-electron chi connectivity index (χ2n) is 6.38. The van der Waals surface area contributed by atoms with E-state index >= 15 is 0 Å². The molecule has 0 aliphatic carbocycles. The van der Waals surface area contributed by atoms with Crippen LogP contribution in [0.1, 0.15) is 35.3 Å². The smallest absolute Gasteiger partial charge is 0.322 e. The molecule has 0 saturated carbocycles. The third-order valence-corrected chi connectivity index (χ3v) is 3.75. The minimum Gasteiger partial charge on any atom is -0.491 e. The average molecular weight is 351 g/mol. The molecule has 0 unspecified atom stereocenters. The molecule has 0 saturated heterocycles. The van der Waals surface area contributed by atoms with Gasteiger partial charge in [0.2, 0.25) is 5.89 Å². The lowest BCUT2D eigenvalue weighted by Crippen LogP contribution is -2.12. The van der Waals surface area contributed by atoms with Gasteiger partial charge in [-0.3, -0.25) is 10.1 Å². The highest BCUT2D eigenvalue weighted by molar-refractivity contribution is 6.03. The van der Waals surface area contributed by atoms with Gasteiger partial charge in [0.1, 0.15) is 5.75 Å². The number of nitrogens with one attached hydrogen (secondary N) is 1. The van der Waals surface area contributed by atoms with Crippen molar-refractivity contribution < 1.29 is 13.9 Å². The second kappa shape index (κ2) is 7.39. The van der Waals surface area contributed by atoms with Gasteiger partial charge in [0, 0.05) is 11.1 Å². The molecule has 1 aromatic heterocycles. The van der Waals surface area contributed by atoms with Crippen molar-refractivity contribution in [3.63, 3.8) is 0 Å². The summed E-state index contributed by atoms with van der Waals surface area (Å²) in [6.07, 6.45) is 0.0803. The lowest BCUT2D eigenvalue weighted by atomic mass is 10.1. The Kier molecular flexibility index (Phi) is 5.02. The van der Waals surface area contributed by atoms with Crippen LogP contribution in [0.25, 0.3) is 11.5 Å². The predicted molar refractivity (Wildman–Crippen MR) is 99.4 cm³/mol. The largest absolute Gasteiger partial charge is 0.491 e. The van der Waals surface area contributed by atoms with Gasteiger partial charge in [-0.1, -0.05) is 22.8 Å². The molecule has 0 aliphatic rings. The number of nitrogens with zero attached hydrogens (tertiary/aromatic N) is 2. The van der Waals surface area contributed by atoms with E-state index < -0.39 is 0 Å². The van der Waals surface area contributed by atoms with Crippen LogP contribution in [0.15, 0.2) is 46.9 Å². The highest BCUT2D eigenvalue weighted by Crippen LogP contribution is 2.24. The number of hydrogen-bond donors (Lipinski definition) is 1. The van der Waals surface area contributed by atoms with E-state index in [1.165, 1.54) is 0 Å². The van der Waals surface area contributed by atoms with E-state index in [4.69, 9.17) is 9.15 Å². The molecule has 134 valence electrons. The van der Waals surface area contributed by atoms with Gasteiger partial charge in [-0.15, -0.1) is 5.10 Å². The third-order valence-electron chi connectivity index (χ3n) is 3.75. The van der Waals surface area contributed by atoms with E-state index in [-0.39, 0.29) is 18.0 Å². The fraction of sp³-hybridized carbons (Fsp3) is 0.250. The van der Waals surface area contributed by atoms with Gasteiger partial charge in [-0.05, 0) is 63.6 Å². The first-order valence-electron chi connectivity index (χ1n) is 8.41. The monoisotopic (exact) mass is 351 g/mol. The van der Waals surface area contributed by atoms with Gasteiger partial charge < -0.3 is 9.15 Å². The molecule has 26 heavy (non-hydrogen) atoms. The molecule has 0 radical (unpaired) electrons. The Morgan fingerprint density at radius 3 is 2.46 bits per heavy atom. The maximum Gasteiger partial charge on any atom is 0.322 e. The van der Waals surface area contributed by atoms with E-state index in [0.717, 1.165) is 16.7 Å². The molecule has 0 atom stereocenters. The van der Waals surface area contributed by atoms with Crippen molar-refractivity contribution >= 4 is 11.9 Å². The Morgan fingerprint density at radius 1 is 1.08 bits per heavy atom. The molecule has 0 bridgehead atoms. The zero-order valence-corrected chi connectivity index (χ0v) is 15.2. The van der Waals surface area contributed by atoms with Gasteiger partial charge in [0.05, 0.1) is 6.10 Å². The highest BCUT2D eigenvalue weighted by Gasteiger charge is 2.14. The summed E-state index contributed by atoms with van der Waals surface area (Å²) < 4.78 is 11.1.